The zero-order valence-electron chi connectivity index (χ0n) is 37.1. The summed E-state index contributed by atoms with van der Waals surface area (Å²) in [6.07, 6.45) is 0. The Labute approximate surface area is 389 Å². The summed E-state index contributed by atoms with van der Waals surface area (Å²) in [5.41, 5.74) is 17.3. The molecule has 0 atom stereocenters. The second-order valence-corrected chi connectivity index (χ2v) is 18.1. The first-order valence-corrected chi connectivity index (χ1v) is 22.9. The number of furan rings is 1. The van der Waals surface area contributed by atoms with Gasteiger partial charge in [-0.25, -0.2) is 4.98 Å². The van der Waals surface area contributed by atoms with Gasteiger partial charge in [0.05, 0.1) is 11.0 Å². The molecule has 0 N–H and O–H groups in total. The van der Waals surface area contributed by atoms with Crippen molar-refractivity contribution in [3.05, 3.63) is 242 Å². The lowest BCUT2D eigenvalue weighted by atomic mass is 9.82. The van der Waals surface area contributed by atoms with Gasteiger partial charge in [-0.15, -0.1) is 0 Å². The van der Waals surface area contributed by atoms with Crippen LogP contribution in [0, 0.1) is 0 Å². The molecule has 2 aromatic heterocycles. The predicted molar refractivity (Wildman–Crippen MR) is 278 cm³/mol. The standard InChI is InChI=1S/C62H44N4O/c1-62(2)55-36-43-18-13-12-17-42(43)35-52(55)53-39-58-57(40-56(53)62)63-61(66(58)46-23-10-5-11-24-46)41-29-31-47(32-30-41)65(50-33-34-60-54(38-50)51-27-14-15-28-59(51)67-60)49-26-16-25-48(37-49)64(44-19-6-3-7-20-44)45-21-8-4-9-22-45/h3-40H,1-2H3. The first kappa shape index (κ1) is 38.8. The number of hydrogen-bond acceptors (Lipinski definition) is 4. The molecule has 0 unspecified atom stereocenters. The molecule has 0 amide bonds. The lowest BCUT2D eigenvalue weighted by Crippen LogP contribution is -2.14. The summed E-state index contributed by atoms with van der Waals surface area (Å²) >= 11 is 0. The zero-order valence-corrected chi connectivity index (χ0v) is 37.1. The van der Waals surface area contributed by atoms with Gasteiger partial charge >= 0.3 is 0 Å². The van der Waals surface area contributed by atoms with Gasteiger partial charge in [-0.2, -0.15) is 0 Å². The van der Waals surface area contributed by atoms with Crippen molar-refractivity contribution in [2.24, 2.45) is 0 Å². The van der Waals surface area contributed by atoms with Gasteiger partial charge in [0.15, 0.2) is 0 Å². The summed E-state index contributed by atoms with van der Waals surface area (Å²) in [6.45, 7) is 4.70. The van der Waals surface area contributed by atoms with E-state index in [-0.39, 0.29) is 5.41 Å². The van der Waals surface area contributed by atoms with Gasteiger partial charge in [0.25, 0.3) is 0 Å². The minimum Gasteiger partial charge on any atom is -0.456 e. The molecule has 1 aliphatic carbocycles. The lowest BCUT2D eigenvalue weighted by Gasteiger charge is -2.29. The first-order valence-electron chi connectivity index (χ1n) is 22.9. The van der Waals surface area contributed by atoms with Crippen LogP contribution in [0.4, 0.5) is 34.1 Å². The smallest absolute Gasteiger partial charge is 0.145 e. The van der Waals surface area contributed by atoms with Crippen molar-refractivity contribution >= 4 is 77.9 Å². The van der Waals surface area contributed by atoms with E-state index >= 15 is 0 Å². The molecule has 0 saturated carbocycles. The van der Waals surface area contributed by atoms with E-state index in [0.29, 0.717) is 0 Å². The number of aromatic nitrogens is 2. The third kappa shape index (κ3) is 6.34. The third-order valence-corrected chi connectivity index (χ3v) is 13.7. The van der Waals surface area contributed by atoms with E-state index in [4.69, 9.17) is 9.40 Å². The molecule has 0 aliphatic heterocycles. The Kier molecular flexibility index (Phi) is 8.80. The number of nitrogens with zero attached hydrogens (tertiary/aromatic N) is 4. The average molecular weight is 861 g/mol. The maximum atomic E-state index is 6.32. The molecular weight excluding hydrogens is 817 g/mol. The summed E-state index contributed by atoms with van der Waals surface area (Å²) < 4.78 is 8.65. The van der Waals surface area contributed by atoms with Gasteiger partial charge in [0.2, 0.25) is 0 Å². The van der Waals surface area contributed by atoms with Crippen molar-refractivity contribution in [2.45, 2.75) is 19.3 Å². The van der Waals surface area contributed by atoms with E-state index in [1.54, 1.807) is 0 Å². The highest BCUT2D eigenvalue weighted by molar-refractivity contribution is 6.07. The monoisotopic (exact) mass is 860 g/mol. The number of rotatable bonds is 8. The molecule has 318 valence electrons. The molecule has 12 aromatic rings. The number of para-hydroxylation sites is 4. The summed E-state index contributed by atoms with van der Waals surface area (Å²) in [6, 6.07) is 82.4. The molecular formula is C62H44N4O. The van der Waals surface area contributed by atoms with Crippen LogP contribution >= 0.6 is 0 Å². The Hall–Kier alpha value is -8.67. The summed E-state index contributed by atoms with van der Waals surface area (Å²) in [4.78, 5) is 10.1. The van der Waals surface area contributed by atoms with Crippen LogP contribution in [0.2, 0.25) is 0 Å². The van der Waals surface area contributed by atoms with Crippen LogP contribution in [0.1, 0.15) is 25.0 Å². The molecule has 5 heteroatoms. The van der Waals surface area contributed by atoms with Crippen molar-refractivity contribution in [3.63, 3.8) is 0 Å². The fourth-order valence-corrected chi connectivity index (χ4v) is 10.5. The van der Waals surface area contributed by atoms with Gasteiger partial charge in [-0.1, -0.05) is 117 Å². The summed E-state index contributed by atoms with van der Waals surface area (Å²) in [7, 11) is 0. The van der Waals surface area contributed by atoms with E-state index in [1.807, 2.05) is 12.1 Å². The largest absolute Gasteiger partial charge is 0.456 e. The topological polar surface area (TPSA) is 37.4 Å². The number of hydrogen-bond donors (Lipinski definition) is 0. The van der Waals surface area contributed by atoms with Crippen LogP contribution in [-0.2, 0) is 5.41 Å². The molecule has 0 bridgehead atoms. The predicted octanol–water partition coefficient (Wildman–Crippen LogP) is 17.0. The second-order valence-electron chi connectivity index (χ2n) is 18.1. The molecule has 0 spiro atoms. The van der Waals surface area contributed by atoms with Gasteiger partial charge in [0.1, 0.15) is 17.0 Å². The molecule has 0 radical (unpaired) electrons. The van der Waals surface area contributed by atoms with Crippen LogP contribution in [0.15, 0.2) is 235 Å². The summed E-state index contributed by atoms with van der Waals surface area (Å²) in [5.74, 6) is 0.897. The Morgan fingerprint density at radius 1 is 0.418 bits per heavy atom. The molecule has 13 rings (SSSR count). The maximum absolute atomic E-state index is 6.32. The SMILES string of the molecule is CC1(C)c2cc3ccccc3cc2-c2cc3c(cc21)nc(-c1ccc(N(c2cccc(N(c4ccccc4)c4ccccc4)c2)c2ccc4oc5ccccc5c4c2)cc1)n3-c1ccccc1. The molecule has 5 nitrogen and oxygen atoms in total. The molecule has 10 aromatic carbocycles. The fraction of sp³-hybridized carbons (Fsp3) is 0.0484. The highest BCUT2D eigenvalue weighted by Gasteiger charge is 2.37. The maximum Gasteiger partial charge on any atom is 0.145 e. The van der Waals surface area contributed by atoms with Gasteiger partial charge < -0.3 is 14.2 Å². The van der Waals surface area contributed by atoms with Gasteiger partial charge in [-0.3, -0.25) is 4.57 Å². The number of imidazole rings is 1. The van der Waals surface area contributed by atoms with Crippen LogP contribution in [0.25, 0.3) is 71.9 Å². The minimum absolute atomic E-state index is 0.174. The number of anilines is 6. The highest BCUT2D eigenvalue weighted by Crippen LogP contribution is 2.52. The quantitative estimate of drug-likeness (QED) is 0.153. The van der Waals surface area contributed by atoms with Crippen LogP contribution in [-0.4, -0.2) is 9.55 Å². The molecule has 1 aliphatic rings. The van der Waals surface area contributed by atoms with E-state index in [1.165, 1.54) is 33.0 Å². The minimum atomic E-state index is -0.174. The van der Waals surface area contributed by atoms with E-state index in [9.17, 15) is 0 Å². The Morgan fingerprint density at radius 2 is 0.940 bits per heavy atom. The van der Waals surface area contributed by atoms with Crippen molar-refractivity contribution in [1.29, 1.82) is 0 Å². The molecule has 0 fully saturated rings. The Morgan fingerprint density at radius 3 is 1.66 bits per heavy atom. The average Bonchev–Trinajstić information content (AvgIpc) is 4.01. The van der Waals surface area contributed by atoms with Gasteiger partial charge in [0, 0.05) is 61.6 Å². The number of fused-ring (bicyclic) bond motifs is 8. The lowest BCUT2D eigenvalue weighted by molar-refractivity contribution is 0.662. The number of benzene rings is 10. The van der Waals surface area contributed by atoms with Crippen LogP contribution in [0.5, 0.6) is 0 Å². The highest BCUT2D eigenvalue weighted by atomic mass is 16.3. The van der Waals surface area contributed by atoms with Crippen LogP contribution in [0.3, 0.4) is 0 Å². The summed E-state index contributed by atoms with van der Waals surface area (Å²) in [5, 5.41) is 4.69. The van der Waals surface area contributed by atoms with E-state index in [0.717, 1.165) is 84.2 Å². The van der Waals surface area contributed by atoms with E-state index in [2.05, 4.69) is 247 Å². The van der Waals surface area contributed by atoms with Crippen molar-refractivity contribution in [3.8, 4) is 28.2 Å². The van der Waals surface area contributed by atoms with Crippen LogP contribution < -0.4 is 9.80 Å². The zero-order chi connectivity index (χ0) is 44.6. The van der Waals surface area contributed by atoms with E-state index < -0.39 is 0 Å². The molecule has 2 heterocycles. The van der Waals surface area contributed by atoms with Crippen molar-refractivity contribution in [2.75, 3.05) is 9.80 Å². The Bertz CT molecular complexity index is 3790. The fourth-order valence-electron chi connectivity index (χ4n) is 10.5. The van der Waals surface area contributed by atoms with Crippen molar-refractivity contribution in [1.82, 2.24) is 9.55 Å². The third-order valence-electron chi connectivity index (χ3n) is 13.7. The van der Waals surface area contributed by atoms with Crippen molar-refractivity contribution < 1.29 is 4.42 Å². The Balaban J connectivity index is 0.970. The second kappa shape index (κ2) is 15.2. The first-order chi connectivity index (χ1) is 33.0. The normalized spacial score (nSPS) is 12.7. The van der Waals surface area contributed by atoms with Gasteiger partial charge in [-0.05, 0) is 160 Å². The molecule has 67 heavy (non-hydrogen) atoms. The molecule has 0 saturated heterocycles.